The van der Waals surface area contributed by atoms with Crippen LogP contribution in [-0.2, 0) is 14.3 Å². The average Bonchev–Trinajstić information content (AvgIpc) is 2.73. The Hall–Kier alpha value is -3.55. The summed E-state index contributed by atoms with van der Waals surface area (Å²) in [5, 5.41) is 16.0. The van der Waals surface area contributed by atoms with Crippen LogP contribution in [-0.4, -0.2) is 46.1 Å². The van der Waals surface area contributed by atoms with Gasteiger partial charge < -0.3 is 25.4 Å². The Balaban J connectivity index is 2.40. The molecular formula is C26H35N3O5. The SMILES string of the molecule is CCN(C(=O)C(C)NC(=O)OC(C)(C)C)C(C(=O)Nc1c(C)cccc1C)c1ccccc1O. The molecule has 2 atom stereocenters. The van der Waals surface area contributed by atoms with Gasteiger partial charge in [0.25, 0.3) is 5.91 Å². The number of para-hydroxylation sites is 2. The lowest BCUT2D eigenvalue weighted by Gasteiger charge is -2.33. The monoisotopic (exact) mass is 469 g/mol. The molecular weight excluding hydrogens is 434 g/mol. The number of hydrogen-bond acceptors (Lipinski definition) is 5. The number of hydrogen-bond donors (Lipinski definition) is 3. The highest BCUT2D eigenvalue weighted by Gasteiger charge is 2.35. The molecule has 3 amide bonds. The lowest BCUT2D eigenvalue weighted by Crippen LogP contribution is -2.51. The molecule has 2 rings (SSSR count). The van der Waals surface area contributed by atoms with Crippen molar-refractivity contribution in [2.75, 3.05) is 11.9 Å². The summed E-state index contributed by atoms with van der Waals surface area (Å²) in [6, 6.07) is 9.98. The van der Waals surface area contributed by atoms with Crippen molar-refractivity contribution >= 4 is 23.6 Å². The van der Waals surface area contributed by atoms with E-state index >= 15 is 0 Å². The highest BCUT2D eigenvalue weighted by molar-refractivity contribution is 6.00. The van der Waals surface area contributed by atoms with Crippen molar-refractivity contribution in [1.29, 1.82) is 0 Å². The molecule has 2 aromatic carbocycles. The molecule has 0 aliphatic heterocycles. The maximum Gasteiger partial charge on any atom is 0.408 e. The number of likely N-dealkylation sites (N-methyl/N-ethyl adjacent to an activating group) is 1. The van der Waals surface area contributed by atoms with E-state index in [0.29, 0.717) is 5.69 Å². The van der Waals surface area contributed by atoms with E-state index in [1.807, 2.05) is 32.0 Å². The van der Waals surface area contributed by atoms with Crippen LogP contribution in [0.2, 0.25) is 0 Å². The van der Waals surface area contributed by atoms with E-state index in [0.717, 1.165) is 11.1 Å². The topological polar surface area (TPSA) is 108 Å². The summed E-state index contributed by atoms with van der Waals surface area (Å²) in [4.78, 5) is 40.5. The van der Waals surface area contributed by atoms with Crippen LogP contribution in [0.5, 0.6) is 5.75 Å². The first-order valence-corrected chi connectivity index (χ1v) is 11.3. The normalized spacial score (nSPS) is 12.9. The largest absolute Gasteiger partial charge is 0.508 e. The molecule has 3 N–H and O–H groups in total. The fraction of sp³-hybridized carbons (Fsp3) is 0.423. The van der Waals surface area contributed by atoms with Crippen molar-refractivity contribution in [2.45, 2.75) is 66.2 Å². The molecule has 0 radical (unpaired) electrons. The van der Waals surface area contributed by atoms with Gasteiger partial charge in [-0.05, 0) is 65.7 Å². The molecule has 0 bridgehead atoms. The number of aromatic hydroxyl groups is 1. The molecule has 0 heterocycles. The van der Waals surface area contributed by atoms with E-state index in [2.05, 4.69) is 10.6 Å². The minimum absolute atomic E-state index is 0.108. The van der Waals surface area contributed by atoms with Crippen molar-refractivity contribution in [3.63, 3.8) is 0 Å². The number of rotatable bonds is 7. The zero-order valence-corrected chi connectivity index (χ0v) is 20.9. The summed E-state index contributed by atoms with van der Waals surface area (Å²) in [7, 11) is 0. The van der Waals surface area contributed by atoms with E-state index in [-0.39, 0.29) is 17.9 Å². The zero-order chi connectivity index (χ0) is 25.6. The number of amides is 3. The van der Waals surface area contributed by atoms with Crippen LogP contribution in [0.4, 0.5) is 10.5 Å². The summed E-state index contributed by atoms with van der Waals surface area (Å²) in [6.45, 7) is 12.4. The van der Waals surface area contributed by atoms with Crippen LogP contribution in [0.3, 0.4) is 0 Å². The second kappa shape index (κ2) is 11.0. The number of carbonyl (C=O) groups excluding carboxylic acids is 3. The van der Waals surface area contributed by atoms with Gasteiger partial charge in [-0.2, -0.15) is 0 Å². The van der Waals surface area contributed by atoms with Gasteiger partial charge in [-0.25, -0.2) is 4.79 Å². The number of nitrogens with one attached hydrogen (secondary N) is 2. The Kier molecular flexibility index (Phi) is 8.68. The second-order valence-electron chi connectivity index (χ2n) is 9.21. The molecule has 2 unspecified atom stereocenters. The minimum atomic E-state index is -1.12. The van der Waals surface area contributed by atoms with Gasteiger partial charge in [-0.1, -0.05) is 36.4 Å². The number of ether oxygens (including phenoxy) is 1. The van der Waals surface area contributed by atoms with Gasteiger partial charge >= 0.3 is 6.09 Å². The fourth-order valence-electron chi connectivity index (χ4n) is 3.63. The number of aryl methyl sites for hydroxylation is 2. The summed E-state index contributed by atoms with van der Waals surface area (Å²) >= 11 is 0. The number of alkyl carbamates (subject to hydrolysis) is 1. The van der Waals surface area contributed by atoms with Crippen LogP contribution in [0.1, 0.15) is 57.4 Å². The van der Waals surface area contributed by atoms with Gasteiger partial charge in [0.2, 0.25) is 5.91 Å². The summed E-state index contributed by atoms with van der Waals surface area (Å²) in [6.07, 6.45) is -0.733. The standard InChI is InChI=1S/C26H35N3O5/c1-8-29(24(32)18(4)27-25(33)34-26(5,6)7)22(19-14-9-10-15-20(19)30)23(31)28-21-16(2)12-11-13-17(21)3/h9-15,18,22,30H,8H2,1-7H3,(H,27,33)(H,28,31). The fourth-order valence-corrected chi connectivity index (χ4v) is 3.63. The van der Waals surface area contributed by atoms with Crippen LogP contribution in [0, 0.1) is 13.8 Å². The van der Waals surface area contributed by atoms with Gasteiger partial charge in [-0.3, -0.25) is 9.59 Å². The molecule has 2 aromatic rings. The van der Waals surface area contributed by atoms with Gasteiger partial charge in [0.1, 0.15) is 23.4 Å². The highest BCUT2D eigenvalue weighted by Crippen LogP contribution is 2.31. The lowest BCUT2D eigenvalue weighted by atomic mass is 10.0. The number of benzene rings is 2. The zero-order valence-electron chi connectivity index (χ0n) is 20.9. The third kappa shape index (κ3) is 6.73. The Morgan fingerprint density at radius 3 is 2.15 bits per heavy atom. The Morgan fingerprint density at radius 1 is 1.03 bits per heavy atom. The first kappa shape index (κ1) is 26.7. The molecule has 0 spiro atoms. The molecule has 0 saturated carbocycles. The van der Waals surface area contributed by atoms with E-state index < -0.39 is 35.6 Å². The van der Waals surface area contributed by atoms with E-state index in [1.165, 1.54) is 17.9 Å². The van der Waals surface area contributed by atoms with Gasteiger partial charge in [0.15, 0.2) is 0 Å². The predicted octanol–water partition coefficient (Wildman–Crippen LogP) is 4.45. The third-order valence-electron chi connectivity index (χ3n) is 5.25. The third-order valence-corrected chi connectivity index (χ3v) is 5.25. The number of phenols is 1. The number of carbonyl (C=O) groups is 3. The summed E-state index contributed by atoms with van der Waals surface area (Å²) < 4.78 is 5.25. The molecule has 0 fully saturated rings. The van der Waals surface area contributed by atoms with Crippen molar-refractivity contribution in [3.05, 3.63) is 59.2 Å². The van der Waals surface area contributed by atoms with Crippen molar-refractivity contribution < 1.29 is 24.2 Å². The lowest BCUT2D eigenvalue weighted by molar-refractivity contribution is -0.140. The molecule has 34 heavy (non-hydrogen) atoms. The van der Waals surface area contributed by atoms with Gasteiger partial charge in [-0.15, -0.1) is 0 Å². The molecule has 0 aromatic heterocycles. The summed E-state index contributed by atoms with van der Waals surface area (Å²) in [5.41, 5.74) is 1.96. The summed E-state index contributed by atoms with van der Waals surface area (Å²) in [5.74, 6) is -1.07. The number of nitrogens with zero attached hydrogens (tertiary/aromatic N) is 1. The van der Waals surface area contributed by atoms with Gasteiger partial charge in [0, 0.05) is 17.8 Å². The van der Waals surface area contributed by atoms with Crippen LogP contribution in [0.15, 0.2) is 42.5 Å². The van der Waals surface area contributed by atoms with E-state index in [4.69, 9.17) is 4.74 Å². The molecule has 184 valence electrons. The van der Waals surface area contributed by atoms with Crippen molar-refractivity contribution in [3.8, 4) is 5.75 Å². The first-order valence-electron chi connectivity index (χ1n) is 11.3. The first-order chi connectivity index (χ1) is 15.9. The predicted molar refractivity (Wildman–Crippen MR) is 132 cm³/mol. The van der Waals surface area contributed by atoms with Crippen LogP contribution < -0.4 is 10.6 Å². The average molecular weight is 470 g/mol. The Morgan fingerprint density at radius 2 is 1.62 bits per heavy atom. The molecule has 0 aliphatic rings. The van der Waals surface area contributed by atoms with Crippen LogP contribution in [0.25, 0.3) is 0 Å². The molecule has 8 nitrogen and oxygen atoms in total. The van der Waals surface area contributed by atoms with E-state index in [9.17, 15) is 19.5 Å². The van der Waals surface area contributed by atoms with E-state index in [1.54, 1.807) is 45.9 Å². The Bertz CT molecular complexity index is 1020. The number of anilines is 1. The molecule has 0 saturated heterocycles. The highest BCUT2D eigenvalue weighted by atomic mass is 16.6. The number of phenolic OH excluding ortho intramolecular Hbond substituents is 1. The maximum absolute atomic E-state index is 13.6. The molecule has 8 heteroatoms. The Labute approximate surface area is 201 Å². The van der Waals surface area contributed by atoms with Crippen LogP contribution >= 0.6 is 0 Å². The maximum atomic E-state index is 13.6. The smallest absolute Gasteiger partial charge is 0.408 e. The second-order valence-corrected chi connectivity index (χ2v) is 9.21. The van der Waals surface area contributed by atoms with Crippen molar-refractivity contribution in [2.24, 2.45) is 0 Å². The minimum Gasteiger partial charge on any atom is -0.508 e. The van der Waals surface area contributed by atoms with Gasteiger partial charge in [0.05, 0.1) is 0 Å². The quantitative estimate of drug-likeness (QED) is 0.555. The van der Waals surface area contributed by atoms with Crippen molar-refractivity contribution in [1.82, 2.24) is 10.2 Å². The molecule has 0 aliphatic carbocycles.